The third-order valence-electron chi connectivity index (χ3n) is 3.69. The van der Waals surface area contributed by atoms with Crippen molar-refractivity contribution in [1.82, 2.24) is 15.1 Å². The number of halogens is 1. The molecule has 0 bridgehead atoms. The largest absolute Gasteiger partial charge is 0.459 e. The van der Waals surface area contributed by atoms with Gasteiger partial charge in [-0.25, -0.2) is 4.39 Å². The van der Waals surface area contributed by atoms with Crippen molar-refractivity contribution in [1.29, 1.82) is 0 Å². The highest BCUT2D eigenvalue weighted by atomic mass is 19.1. The zero-order valence-electron chi connectivity index (χ0n) is 13.3. The van der Waals surface area contributed by atoms with E-state index in [1.807, 2.05) is 25.3 Å². The number of carbonyl (C=O) groups is 1. The minimum atomic E-state index is -0.288. The molecule has 1 atom stereocenters. The SMILES string of the molecule is C[C@@H](Cn1cccn1)C(=O)NCc1ccc(-c2ccc(F)cc2)o1. The van der Waals surface area contributed by atoms with Gasteiger partial charge in [-0.15, -0.1) is 0 Å². The van der Waals surface area contributed by atoms with Crippen LogP contribution in [0.2, 0.25) is 0 Å². The molecule has 0 saturated carbocycles. The molecule has 1 aromatic carbocycles. The summed E-state index contributed by atoms with van der Waals surface area (Å²) < 4.78 is 20.4. The van der Waals surface area contributed by atoms with Crippen LogP contribution in [0.25, 0.3) is 11.3 Å². The third-order valence-corrected chi connectivity index (χ3v) is 3.69. The van der Waals surface area contributed by atoms with E-state index in [1.165, 1.54) is 12.1 Å². The van der Waals surface area contributed by atoms with E-state index in [9.17, 15) is 9.18 Å². The molecule has 3 aromatic rings. The summed E-state index contributed by atoms with van der Waals surface area (Å²) in [6.07, 6.45) is 3.51. The van der Waals surface area contributed by atoms with Crippen LogP contribution >= 0.6 is 0 Å². The van der Waals surface area contributed by atoms with Crippen molar-refractivity contribution in [2.45, 2.75) is 20.0 Å². The number of aromatic nitrogens is 2. The molecule has 124 valence electrons. The summed E-state index contributed by atoms with van der Waals surface area (Å²) in [4.78, 5) is 12.1. The highest BCUT2D eigenvalue weighted by molar-refractivity contribution is 5.78. The van der Waals surface area contributed by atoms with Gasteiger partial charge in [-0.2, -0.15) is 5.10 Å². The maximum absolute atomic E-state index is 12.9. The van der Waals surface area contributed by atoms with Crippen LogP contribution in [-0.4, -0.2) is 15.7 Å². The molecule has 1 amide bonds. The van der Waals surface area contributed by atoms with Crippen molar-refractivity contribution < 1.29 is 13.6 Å². The number of hydrogen-bond donors (Lipinski definition) is 1. The predicted octanol–water partition coefficient (Wildman–Crippen LogP) is 3.23. The lowest BCUT2D eigenvalue weighted by Crippen LogP contribution is -2.31. The first-order valence-corrected chi connectivity index (χ1v) is 7.71. The zero-order valence-corrected chi connectivity index (χ0v) is 13.3. The van der Waals surface area contributed by atoms with Gasteiger partial charge in [0.25, 0.3) is 0 Å². The molecule has 0 saturated heterocycles. The number of amides is 1. The highest BCUT2D eigenvalue weighted by Crippen LogP contribution is 2.22. The van der Waals surface area contributed by atoms with Crippen molar-refractivity contribution in [2.24, 2.45) is 5.92 Å². The lowest BCUT2D eigenvalue weighted by molar-refractivity contribution is -0.125. The van der Waals surface area contributed by atoms with E-state index in [-0.39, 0.29) is 17.6 Å². The van der Waals surface area contributed by atoms with Crippen molar-refractivity contribution in [3.05, 3.63) is 66.4 Å². The van der Waals surface area contributed by atoms with Gasteiger partial charge in [-0.05, 0) is 42.5 Å². The van der Waals surface area contributed by atoms with Crippen LogP contribution in [0.3, 0.4) is 0 Å². The van der Waals surface area contributed by atoms with Gasteiger partial charge >= 0.3 is 0 Å². The summed E-state index contributed by atoms with van der Waals surface area (Å²) in [5.41, 5.74) is 0.793. The van der Waals surface area contributed by atoms with Crippen LogP contribution in [-0.2, 0) is 17.9 Å². The Morgan fingerprint density at radius 2 is 2.08 bits per heavy atom. The summed E-state index contributed by atoms with van der Waals surface area (Å²) >= 11 is 0. The summed E-state index contributed by atoms with van der Waals surface area (Å²) in [6, 6.07) is 11.5. The molecule has 0 aliphatic rings. The van der Waals surface area contributed by atoms with Crippen LogP contribution in [0.4, 0.5) is 4.39 Å². The molecule has 0 fully saturated rings. The van der Waals surface area contributed by atoms with E-state index in [0.29, 0.717) is 24.6 Å². The molecule has 2 heterocycles. The second-order valence-electron chi connectivity index (χ2n) is 5.62. The topological polar surface area (TPSA) is 60.1 Å². The quantitative estimate of drug-likeness (QED) is 0.756. The fourth-order valence-electron chi connectivity index (χ4n) is 2.36. The van der Waals surface area contributed by atoms with Crippen molar-refractivity contribution in [3.8, 4) is 11.3 Å². The molecule has 24 heavy (non-hydrogen) atoms. The average Bonchev–Trinajstić information content (AvgIpc) is 3.25. The highest BCUT2D eigenvalue weighted by Gasteiger charge is 2.14. The number of carbonyl (C=O) groups excluding carboxylic acids is 1. The number of furan rings is 1. The second-order valence-corrected chi connectivity index (χ2v) is 5.62. The molecular formula is C18H18FN3O2. The predicted molar refractivity (Wildman–Crippen MR) is 87.3 cm³/mol. The Hall–Kier alpha value is -2.89. The van der Waals surface area contributed by atoms with Gasteiger partial charge in [-0.1, -0.05) is 6.92 Å². The summed E-state index contributed by atoms with van der Waals surface area (Å²) in [7, 11) is 0. The van der Waals surface area contributed by atoms with Gasteiger partial charge in [0, 0.05) is 18.0 Å². The molecule has 0 aliphatic carbocycles. The van der Waals surface area contributed by atoms with E-state index in [2.05, 4.69) is 10.4 Å². The van der Waals surface area contributed by atoms with Crippen molar-refractivity contribution in [3.63, 3.8) is 0 Å². The molecule has 0 spiro atoms. The smallest absolute Gasteiger partial charge is 0.225 e. The maximum atomic E-state index is 12.9. The third kappa shape index (κ3) is 3.90. The summed E-state index contributed by atoms with van der Waals surface area (Å²) in [5, 5.41) is 6.94. The van der Waals surface area contributed by atoms with E-state index in [0.717, 1.165) is 5.56 Å². The van der Waals surface area contributed by atoms with E-state index < -0.39 is 0 Å². The van der Waals surface area contributed by atoms with Crippen molar-refractivity contribution >= 4 is 5.91 Å². The average molecular weight is 327 g/mol. The van der Waals surface area contributed by atoms with Crippen LogP contribution in [0, 0.1) is 11.7 Å². The Bertz CT molecular complexity index is 794. The molecular weight excluding hydrogens is 309 g/mol. The molecule has 0 radical (unpaired) electrons. The minimum absolute atomic E-state index is 0.0646. The Morgan fingerprint density at radius 1 is 1.29 bits per heavy atom. The summed E-state index contributed by atoms with van der Waals surface area (Å²) in [6.45, 7) is 2.68. The lowest BCUT2D eigenvalue weighted by atomic mass is 10.1. The number of rotatable bonds is 6. The first-order chi connectivity index (χ1) is 11.6. The van der Waals surface area contributed by atoms with E-state index in [1.54, 1.807) is 29.1 Å². The molecule has 6 heteroatoms. The van der Waals surface area contributed by atoms with Crippen molar-refractivity contribution in [2.75, 3.05) is 0 Å². The zero-order chi connectivity index (χ0) is 16.9. The van der Waals surface area contributed by atoms with E-state index >= 15 is 0 Å². The van der Waals surface area contributed by atoms with Gasteiger partial charge in [0.1, 0.15) is 17.3 Å². The summed E-state index contributed by atoms with van der Waals surface area (Å²) in [5.74, 6) is 0.739. The fourth-order valence-corrected chi connectivity index (χ4v) is 2.36. The monoisotopic (exact) mass is 327 g/mol. The Morgan fingerprint density at radius 3 is 2.79 bits per heavy atom. The molecule has 2 aromatic heterocycles. The normalized spacial score (nSPS) is 12.1. The van der Waals surface area contributed by atoms with Gasteiger partial charge < -0.3 is 9.73 Å². The fraction of sp³-hybridized carbons (Fsp3) is 0.222. The van der Waals surface area contributed by atoms with Gasteiger partial charge in [0.2, 0.25) is 5.91 Å². The Balaban J connectivity index is 1.55. The van der Waals surface area contributed by atoms with Crippen LogP contribution in [0.15, 0.2) is 59.3 Å². The number of hydrogen-bond acceptors (Lipinski definition) is 3. The Kier molecular flexibility index (Phi) is 4.74. The number of nitrogens with zero attached hydrogens (tertiary/aromatic N) is 2. The number of benzene rings is 1. The molecule has 5 nitrogen and oxygen atoms in total. The molecule has 0 aliphatic heterocycles. The minimum Gasteiger partial charge on any atom is -0.459 e. The van der Waals surface area contributed by atoms with E-state index in [4.69, 9.17) is 4.42 Å². The van der Waals surface area contributed by atoms with Crippen LogP contribution in [0.1, 0.15) is 12.7 Å². The number of nitrogens with one attached hydrogen (secondary N) is 1. The molecule has 0 unspecified atom stereocenters. The van der Waals surface area contributed by atoms with Crippen LogP contribution < -0.4 is 5.32 Å². The van der Waals surface area contributed by atoms with Crippen LogP contribution in [0.5, 0.6) is 0 Å². The first-order valence-electron chi connectivity index (χ1n) is 7.71. The lowest BCUT2D eigenvalue weighted by Gasteiger charge is -2.11. The first kappa shape index (κ1) is 16.0. The molecule has 3 rings (SSSR count). The van der Waals surface area contributed by atoms with Gasteiger partial charge in [0.05, 0.1) is 19.0 Å². The Labute approximate surface area is 139 Å². The second kappa shape index (κ2) is 7.12. The van der Waals surface area contributed by atoms with Gasteiger partial charge in [-0.3, -0.25) is 9.48 Å². The van der Waals surface area contributed by atoms with Gasteiger partial charge in [0.15, 0.2) is 0 Å². The maximum Gasteiger partial charge on any atom is 0.225 e. The standard InChI is InChI=1S/C18H18FN3O2/c1-13(12-22-10-2-9-21-22)18(23)20-11-16-7-8-17(24-16)14-3-5-15(19)6-4-14/h2-10,13H,11-12H2,1H3,(H,20,23)/t13-/m0/s1. The molecule has 1 N–H and O–H groups in total.